The Balaban J connectivity index is 1.58. The minimum atomic E-state index is 0.0818. The SMILES string of the molecule is O=C(CSc1n[nH]c(-c2ccncc2)n1)Cc1ccccc1Cl. The van der Waals surface area contributed by atoms with E-state index in [2.05, 4.69) is 20.2 Å². The van der Waals surface area contributed by atoms with E-state index in [1.165, 1.54) is 11.8 Å². The Labute approximate surface area is 142 Å². The van der Waals surface area contributed by atoms with Crippen LogP contribution >= 0.6 is 23.4 Å². The Morgan fingerprint density at radius 2 is 1.96 bits per heavy atom. The summed E-state index contributed by atoms with van der Waals surface area (Å²) in [5, 5.41) is 8.14. The largest absolute Gasteiger partial charge is 0.298 e. The standard InChI is InChI=1S/C16H13ClN4OS/c17-14-4-2-1-3-12(14)9-13(22)10-23-16-19-15(20-21-16)11-5-7-18-8-6-11/h1-8H,9-10H2,(H,19,20,21). The zero-order chi connectivity index (χ0) is 16.1. The number of rotatable bonds is 6. The van der Waals surface area contributed by atoms with E-state index in [4.69, 9.17) is 11.6 Å². The predicted molar refractivity (Wildman–Crippen MR) is 90.5 cm³/mol. The summed E-state index contributed by atoms with van der Waals surface area (Å²) >= 11 is 7.37. The summed E-state index contributed by atoms with van der Waals surface area (Å²) < 4.78 is 0. The summed E-state index contributed by atoms with van der Waals surface area (Å²) in [7, 11) is 0. The third-order valence-electron chi connectivity index (χ3n) is 3.13. The van der Waals surface area contributed by atoms with Gasteiger partial charge in [-0.15, -0.1) is 5.10 Å². The number of Topliss-reactive ketones (excluding diaryl/α,β-unsaturated/α-hetero) is 1. The number of thioether (sulfide) groups is 1. The fraction of sp³-hybridized carbons (Fsp3) is 0.125. The van der Waals surface area contributed by atoms with Crippen LogP contribution in [0, 0.1) is 0 Å². The van der Waals surface area contributed by atoms with Crippen LogP contribution in [0.5, 0.6) is 0 Å². The van der Waals surface area contributed by atoms with Gasteiger partial charge < -0.3 is 0 Å². The number of hydrogen-bond donors (Lipinski definition) is 1. The van der Waals surface area contributed by atoms with Gasteiger partial charge in [-0.1, -0.05) is 41.6 Å². The molecule has 0 aliphatic rings. The first kappa shape index (κ1) is 15.7. The monoisotopic (exact) mass is 344 g/mol. The van der Waals surface area contributed by atoms with Crippen molar-refractivity contribution in [3.8, 4) is 11.4 Å². The highest BCUT2D eigenvalue weighted by atomic mass is 35.5. The molecular formula is C16H13ClN4OS. The number of benzene rings is 1. The lowest BCUT2D eigenvalue weighted by atomic mass is 10.1. The van der Waals surface area contributed by atoms with Gasteiger partial charge in [0.2, 0.25) is 5.16 Å². The number of aromatic nitrogens is 4. The number of pyridine rings is 1. The Hall–Kier alpha value is -2.18. The molecule has 116 valence electrons. The Bertz CT molecular complexity index is 807. The molecule has 1 N–H and O–H groups in total. The van der Waals surface area contributed by atoms with Crippen LogP contribution in [0.25, 0.3) is 11.4 Å². The van der Waals surface area contributed by atoms with Gasteiger partial charge in [0.15, 0.2) is 5.82 Å². The van der Waals surface area contributed by atoms with Crippen molar-refractivity contribution in [2.75, 3.05) is 5.75 Å². The maximum absolute atomic E-state index is 12.1. The smallest absolute Gasteiger partial charge is 0.209 e. The minimum Gasteiger partial charge on any atom is -0.298 e. The maximum atomic E-state index is 12.1. The van der Waals surface area contributed by atoms with E-state index in [9.17, 15) is 4.79 Å². The maximum Gasteiger partial charge on any atom is 0.209 e. The van der Waals surface area contributed by atoms with Crippen molar-refractivity contribution in [3.05, 3.63) is 59.4 Å². The number of carbonyl (C=O) groups excluding carboxylic acids is 1. The first-order chi connectivity index (χ1) is 11.2. The van der Waals surface area contributed by atoms with Gasteiger partial charge >= 0.3 is 0 Å². The van der Waals surface area contributed by atoms with E-state index < -0.39 is 0 Å². The number of nitrogens with zero attached hydrogens (tertiary/aromatic N) is 3. The van der Waals surface area contributed by atoms with Crippen molar-refractivity contribution < 1.29 is 4.79 Å². The number of ketones is 1. The molecular weight excluding hydrogens is 332 g/mol. The van der Waals surface area contributed by atoms with E-state index >= 15 is 0 Å². The van der Waals surface area contributed by atoms with Crippen LogP contribution in [-0.4, -0.2) is 31.7 Å². The second-order valence-electron chi connectivity index (χ2n) is 4.80. The third kappa shape index (κ3) is 4.18. The second-order valence-corrected chi connectivity index (χ2v) is 6.15. The van der Waals surface area contributed by atoms with E-state index in [0.717, 1.165) is 11.1 Å². The van der Waals surface area contributed by atoms with Crippen molar-refractivity contribution >= 4 is 29.1 Å². The fourth-order valence-electron chi connectivity index (χ4n) is 2.00. The average Bonchev–Trinajstić information content (AvgIpc) is 3.05. The summed E-state index contributed by atoms with van der Waals surface area (Å²) in [5.41, 5.74) is 1.74. The van der Waals surface area contributed by atoms with E-state index in [-0.39, 0.29) is 5.78 Å². The molecule has 0 aliphatic heterocycles. The molecule has 0 amide bonds. The molecule has 0 bridgehead atoms. The summed E-state index contributed by atoms with van der Waals surface area (Å²) in [5.74, 6) is 1.05. The van der Waals surface area contributed by atoms with Crippen LogP contribution in [0.2, 0.25) is 5.02 Å². The molecule has 0 atom stereocenters. The molecule has 0 spiro atoms. The van der Waals surface area contributed by atoms with Crippen molar-refractivity contribution in [2.24, 2.45) is 0 Å². The Morgan fingerprint density at radius 3 is 2.74 bits per heavy atom. The highest BCUT2D eigenvalue weighted by molar-refractivity contribution is 7.99. The lowest BCUT2D eigenvalue weighted by molar-refractivity contribution is -0.116. The van der Waals surface area contributed by atoms with Gasteiger partial charge in [-0.05, 0) is 23.8 Å². The molecule has 3 aromatic rings. The number of halogens is 1. The van der Waals surface area contributed by atoms with E-state index in [1.807, 2.05) is 30.3 Å². The van der Waals surface area contributed by atoms with Crippen molar-refractivity contribution in [3.63, 3.8) is 0 Å². The number of H-pyrrole nitrogens is 1. The third-order valence-corrected chi connectivity index (χ3v) is 4.40. The normalized spacial score (nSPS) is 10.7. The van der Waals surface area contributed by atoms with Gasteiger partial charge in [-0.2, -0.15) is 0 Å². The van der Waals surface area contributed by atoms with Gasteiger partial charge in [0.1, 0.15) is 5.78 Å². The van der Waals surface area contributed by atoms with E-state index in [1.54, 1.807) is 18.5 Å². The highest BCUT2D eigenvalue weighted by Crippen LogP contribution is 2.20. The first-order valence-electron chi connectivity index (χ1n) is 6.93. The van der Waals surface area contributed by atoms with Crippen LogP contribution < -0.4 is 0 Å². The van der Waals surface area contributed by atoms with Crippen molar-refractivity contribution in [1.29, 1.82) is 0 Å². The van der Waals surface area contributed by atoms with Crippen LogP contribution in [0.3, 0.4) is 0 Å². The summed E-state index contributed by atoms with van der Waals surface area (Å²) in [6.45, 7) is 0. The molecule has 0 unspecified atom stereocenters. The van der Waals surface area contributed by atoms with Gasteiger partial charge in [0, 0.05) is 29.4 Å². The van der Waals surface area contributed by atoms with Crippen molar-refractivity contribution in [2.45, 2.75) is 11.6 Å². The molecule has 23 heavy (non-hydrogen) atoms. The zero-order valence-electron chi connectivity index (χ0n) is 12.1. The number of carbonyl (C=O) groups is 1. The predicted octanol–water partition coefficient (Wildman–Crippen LogP) is 3.42. The quantitative estimate of drug-likeness (QED) is 0.694. The van der Waals surface area contributed by atoms with E-state index in [0.29, 0.717) is 28.2 Å². The van der Waals surface area contributed by atoms with Gasteiger partial charge in [-0.25, -0.2) is 4.98 Å². The lowest BCUT2D eigenvalue weighted by Gasteiger charge is -2.02. The molecule has 7 heteroatoms. The number of hydrogen-bond acceptors (Lipinski definition) is 5. The topological polar surface area (TPSA) is 71.5 Å². The summed E-state index contributed by atoms with van der Waals surface area (Å²) in [6.07, 6.45) is 3.70. The number of aromatic amines is 1. The minimum absolute atomic E-state index is 0.0818. The van der Waals surface area contributed by atoms with Crippen LogP contribution in [-0.2, 0) is 11.2 Å². The molecule has 5 nitrogen and oxygen atoms in total. The molecule has 0 aliphatic carbocycles. The fourth-order valence-corrected chi connectivity index (χ4v) is 2.86. The molecule has 2 heterocycles. The zero-order valence-corrected chi connectivity index (χ0v) is 13.6. The summed E-state index contributed by atoms with van der Waals surface area (Å²) in [6, 6.07) is 11.1. The first-order valence-corrected chi connectivity index (χ1v) is 8.29. The van der Waals surface area contributed by atoms with Gasteiger partial charge in [0.05, 0.1) is 5.75 Å². The molecule has 0 fully saturated rings. The molecule has 2 aromatic heterocycles. The molecule has 0 radical (unpaired) electrons. The molecule has 0 saturated heterocycles. The van der Waals surface area contributed by atoms with Crippen LogP contribution in [0.1, 0.15) is 5.56 Å². The second kappa shape index (κ2) is 7.39. The lowest BCUT2D eigenvalue weighted by Crippen LogP contribution is -2.06. The van der Waals surface area contributed by atoms with Crippen LogP contribution in [0.15, 0.2) is 53.9 Å². The molecule has 1 aromatic carbocycles. The Morgan fingerprint density at radius 1 is 1.17 bits per heavy atom. The number of nitrogens with one attached hydrogen (secondary N) is 1. The summed E-state index contributed by atoms with van der Waals surface area (Å²) in [4.78, 5) is 20.4. The Kier molecular flexibility index (Phi) is 5.05. The van der Waals surface area contributed by atoms with Gasteiger partial charge in [0.25, 0.3) is 0 Å². The molecule has 0 saturated carbocycles. The van der Waals surface area contributed by atoms with Crippen LogP contribution in [0.4, 0.5) is 0 Å². The highest BCUT2D eigenvalue weighted by Gasteiger charge is 2.11. The van der Waals surface area contributed by atoms with Crippen molar-refractivity contribution in [1.82, 2.24) is 20.2 Å². The average molecular weight is 345 g/mol. The molecule has 3 rings (SSSR count). The van der Waals surface area contributed by atoms with Gasteiger partial charge in [-0.3, -0.25) is 14.9 Å².